The van der Waals surface area contributed by atoms with Gasteiger partial charge in [0.2, 0.25) is 0 Å². The first-order chi connectivity index (χ1) is 8.77. The van der Waals surface area contributed by atoms with Crippen molar-refractivity contribution in [2.45, 2.75) is 25.8 Å². The van der Waals surface area contributed by atoms with Crippen LogP contribution in [0.2, 0.25) is 0 Å². The number of hydrogen-bond donors (Lipinski definition) is 2. The van der Waals surface area contributed by atoms with Gasteiger partial charge in [-0.15, -0.1) is 0 Å². The van der Waals surface area contributed by atoms with Gasteiger partial charge in [0.05, 0.1) is 7.11 Å². The summed E-state index contributed by atoms with van der Waals surface area (Å²) in [5.74, 6) is 2.23. The summed E-state index contributed by atoms with van der Waals surface area (Å²) in [5, 5.41) is 13.1. The number of aromatic hydroxyl groups is 1. The van der Waals surface area contributed by atoms with E-state index in [0.717, 1.165) is 12.1 Å². The van der Waals surface area contributed by atoms with Gasteiger partial charge in [-0.25, -0.2) is 0 Å². The van der Waals surface area contributed by atoms with E-state index in [1.165, 1.54) is 25.0 Å². The number of phenolic OH excluding ortho intramolecular Hbond substituents is 1. The zero-order valence-corrected chi connectivity index (χ0v) is 12.1. The van der Waals surface area contributed by atoms with Crippen LogP contribution >= 0.6 is 11.8 Å². The van der Waals surface area contributed by atoms with Crippen molar-refractivity contribution in [2.24, 2.45) is 0 Å². The Bertz CT molecular complexity index is 345. The molecule has 0 unspecified atom stereocenters. The Hall–Kier alpha value is -0.870. The topological polar surface area (TPSA) is 41.5 Å². The maximum atomic E-state index is 9.77. The zero-order chi connectivity index (χ0) is 13.2. The SMILES string of the molecule is COc1ccc(CNCCCCCSC)c(O)c1. The first-order valence-electron chi connectivity index (χ1n) is 6.33. The highest BCUT2D eigenvalue weighted by Gasteiger charge is 2.02. The molecule has 18 heavy (non-hydrogen) atoms. The minimum absolute atomic E-state index is 0.296. The molecule has 0 saturated carbocycles. The molecular formula is C14H23NO2S. The van der Waals surface area contributed by atoms with E-state index in [2.05, 4.69) is 11.6 Å². The number of thioether (sulfide) groups is 1. The van der Waals surface area contributed by atoms with E-state index in [9.17, 15) is 5.11 Å². The smallest absolute Gasteiger partial charge is 0.123 e. The standard InChI is InChI=1S/C14H23NO2S/c1-17-13-7-6-12(14(16)10-13)11-15-8-4-3-5-9-18-2/h6-7,10,15-16H,3-5,8-9,11H2,1-2H3. The van der Waals surface area contributed by atoms with E-state index in [1.54, 1.807) is 13.2 Å². The van der Waals surface area contributed by atoms with Crippen molar-refractivity contribution in [1.29, 1.82) is 0 Å². The molecule has 0 bridgehead atoms. The minimum atomic E-state index is 0.296. The average Bonchev–Trinajstić information content (AvgIpc) is 2.39. The van der Waals surface area contributed by atoms with E-state index in [-0.39, 0.29) is 0 Å². The Morgan fingerprint density at radius 1 is 1.28 bits per heavy atom. The maximum absolute atomic E-state index is 9.77. The van der Waals surface area contributed by atoms with Crippen LogP contribution in [0.15, 0.2) is 18.2 Å². The molecule has 0 amide bonds. The molecule has 1 aromatic carbocycles. The average molecular weight is 269 g/mol. The number of nitrogens with one attached hydrogen (secondary N) is 1. The van der Waals surface area contributed by atoms with E-state index in [4.69, 9.17) is 4.74 Å². The Morgan fingerprint density at radius 3 is 2.78 bits per heavy atom. The van der Waals surface area contributed by atoms with Crippen molar-refractivity contribution in [1.82, 2.24) is 5.32 Å². The van der Waals surface area contributed by atoms with Crippen molar-refractivity contribution in [3.8, 4) is 11.5 Å². The molecule has 0 aromatic heterocycles. The first kappa shape index (κ1) is 15.2. The molecule has 0 atom stereocenters. The molecule has 102 valence electrons. The third-order valence-electron chi connectivity index (χ3n) is 2.81. The number of phenols is 1. The summed E-state index contributed by atoms with van der Waals surface area (Å²) in [6.07, 6.45) is 5.89. The van der Waals surface area contributed by atoms with Gasteiger partial charge in [0.1, 0.15) is 11.5 Å². The monoisotopic (exact) mass is 269 g/mol. The summed E-state index contributed by atoms with van der Waals surface area (Å²) in [7, 11) is 1.60. The molecule has 3 nitrogen and oxygen atoms in total. The number of rotatable bonds is 9. The highest BCUT2D eigenvalue weighted by Crippen LogP contribution is 2.22. The lowest BCUT2D eigenvalue weighted by atomic mass is 10.2. The largest absolute Gasteiger partial charge is 0.507 e. The second kappa shape index (κ2) is 9.11. The zero-order valence-electron chi connectivity index (χ0n) is 11.2. The summed E-state index contributed by atoms with van der Waals surface area (Å²) in [4.78, 5) is 0. The van der Waals surface area contributed by atoms with Gasteiger partial charge in [0.15, 0.2) is 0 Å². The van der Waals surface area contributed by atoms with Gasteiger partial charge in [-0.3, -0.25) is 0 Å². The maximum Gasteiger partial charge on any atom is 0.123 e. The second-order valence-corrected chi connectivity index (χ2v) is 5.21. The van der Waals surface area contributed by atoms with Gasteiger partial charge >= 0.3 is 0 Å². The summed E-state index contributed by atoms with van der Waals surface area (Å²) in [5.41, 5.74) is 0.917. The molecule has 0 aliphatic carbocycles. The number of benzene rings is 1. The van der Waals surface area contributed by atoms with Crippen LogP contribution in [0.3, 0.4) is 0 Å². The summed E-state index contributed by atoms with van der Waals surface area (Å²) in [6, 6.07) is 5.42. The molecule has 0 radical (unpaired) electrons. The third kappa shape index (κ3) is 5.65. The normalized spacial score (nSPS) is 10.6. The fourth-order valence-corrected chi connectivity index (χ4v) is 2.21. The summed E-state index contributed by atoms with van der Waals surface area (Å²) in [6.45, 7) is 1.71. The Labute approximate surface area is 114 Å². The molecule has 0 heterocycles. The van der Waals surface area contributed by atoms with Gasteiger partial charge < -0.3 is 15.2 Å². The van der Waals surface area contributed by atoms with Gasteiger partial charge in [0.25, 0.3) is 0 Å². The van der Waals surface area contributed by atoms with Crippen molar-refractivity contribution in [2.75, 3.05) is 25.7 Å². The fraction of sp³-hybridized carbons (Fsp3) is 0.571. The van der Waals surface area contributed by atoms with E-state index < -0.39 is 0 Å². The molecule has 0 fully saturated rings. The molecule has 4 heteroatoms. The van der Waals surface area contributed by atoms with E-state index >= 15 is 0 Å². The lowest BCUT2D eigenvalue weighted by Gasteiger charge is -2.08. The Kier molecular flexibility index (Phi) is 7.69. The number of ether oxygens (including phenoxy) is 1. The van der Waals surface area contributed by atoms with Crippen molar-refractivity contribution in [3.05, 3.63) is 23.8 Å². The molecule has 0 aliphatic heterocycles. The van der Waals surface area contributed by atoms with Crippen LogP contribution in [0.5, 0.6) is 11.5 Å². The van der Waals surface area contributed by atoms with Crippen LogP contribution in [0, 0.1) is 0 Å². The van der Waals surface area contributed by atoms with Crippen molar-refractivity contribution >= 4 is 11.8 Å². The molecule has 0 spiro atoms. The van der Waals surface area contributed by atoms with Crippen LogP contribution in [-0.2, 0) is 6.54 Å². The van der Waals surface area contributed by atoms with Crippen LogP contribution in [0.4, 0.5) is 0 Å². The van der Waals surface area contributed by atoms with Crippen molar-refractivity contribution in [3.63, 3.8) is 0 Å². The number of unbranched alkanes of at least 4 members (excludes halogenated alkanes) is 2. The Balaban J connectivity index is 2.19. The molecular weight excluding hydrogens is 246 g/mol. The molecule has 0 aliphatic rings. The highest BCUT2D eigenvalue weighted by molar-refractivity contribution is 7.98. The Morgan fingerprint density at radius 2 is 2.11 bits per heavy atom. The predicted molar refractivity (Wildman–Crippen MR) is 78.6 cm³/mol. The van der Waals surface area contributed by atoms with Gasteiger partial charge in [-0.05, 0) is 37.5 Å². The van der Waals surface area contributed by atoms with Crippen LogP contribution in [0.25, 0.3) is 0 Å². The van der Waals surface area contributed by atoms with Crippen molar-refractivity contribution < 1.29 is 9.84 Å². The van der Waals surface area contributed by atoms with Crippen LogP contribution in [-0.4, -0.2) is 30.8 Å². The van der Waals surface area contributed by atoms with Gasteiger partial charge in [-0.1, -0.05) is 12.5 Å². The quantitative estimate of drug-likeness (QED) is 0.676. The summed E-state index contributed by atoms with van der Waals surface area (Å²) < 4.78 is 5.05. The highest BCUT2D eigenvalue weighted by atomic mass is 32.2. The minimum Gasteiger partial charge on any atom is -0.507 e. The predicted octanol–water partition coefficient (Wildman–Crippen LogP) is 3.02. The lowest BCUT2D eigenvalue weighted by Crippen LogP contribution is -2.14. The second-order valence-electron chi connectivity index (χ2n) is 4.22. The number of methoxy groups -OCH3 is 1. The third-order valence-corrected chi connectivity index (χ3v) is 3.51. The lowest BCUT2D eigenvalue weighted by molar-refractivity contribution is 0.406. The van der Waals surface area contributed by atoms with Crippen LogP contribution < -0.4 is 10.1 Å². The summed E-state index contributed by atoms with van der Waals surface area (Å²) >= 11 is 1.90. The van der Waals surface area contributed by atoms with Crippen LogP contribution in [0.1, 0.15) is 24.8 Å². The van der Waals surface area contributed by atoms with Gasteiger partial charge in [0, 0.05) is 18.2 Å². The molecule has 2 N–H and O–H groups in total. The van der Waals surface area contributed by atoms with Gasteiger partial charge in [-0.2, -0.15) is 11.8 Å². The molecule has 0 saturated heterocycles. The fourth-order valence-electron chi connectivity index (χ4n) is 1.72. The van der Waals surface area contributed by atoms with E-state index in [1.807, 2.05) is 23.9 Å². The molecule has 1 rings (SSSR count). The van der Waals surface area contributed by atoms with E-state index in [0.29, 0.717) is 18.0 Å². The first-order valence-corrected chi connectivity index (χ1v) is 7.73. The number of hydrogen-bond acceptors (Lipinski definition) is 4. The molecule has 1 aromatic rings.